The number of H-pyrrole nitrogens is 1. The van der Waals surface area contributed by atoms with Gasteiger partial charge in [-0.05, 0) is 33.1 Å². The van der Waals surface area contributed by atoms with Gasteiger partial charge in [0.15, 0.2) is 0 Å². The number of hydrogen-bond donors (Lipinski definition) is 2. The van der Waals surface area contributed by atoms with Crippen molar-refractivity contribution in [1.82, 2.24) is 25.2 Å². The van der Waals surface area contributed by atoms with Crippen LogP contribution >= 0.6 is 11.3 Å². The van der Waals surface area contributed by atoms with Gasteiger partial charge >= 0.3 is 0 Å². The molecule has 2 fully saturated rings. The number of carbonyl (C=O) groups excluding carboxylic acids is 1. The number of amides is 1. The maximum Gasteiger partial charge on any atom is 0.228 e. The number of imidazole rings is 1. The third kappa shape index (κ3) is 3.78. The molecule has 150 valence electrons. The van der Waals surface area contributed by atoms with E-state index in [9.17, 15) is 4.79 Å². The number of aromatic amines is 1. The maximum absolute atomic E-state index is 13.5. The fraction of sp³-hybridized carbons (Fsp3) is 0.571. The fourth-order valence-electron chi connectivity index (χ4n) is 4.94. The SMILES string of the molecule is CC(C)=CCN1[C@@H]2CC[C@H]1[C@@](Cc1cscn1)(C(=O)NCCc1cnc[nH]1)C2. The number of aromatic nitrogens is 3. The molecule has 2 aliphatic rings. The molecule has 0 spiro atoms. The van der Waals surface area contributed by atoms with Crippen molar-refractivity contribution in [3.63, 3.8) is 0 Å². The molecule has 6 nitrogen and oxygen atoms in total. The highest BCUT2D eigenvalue weighted by Crippen LogP contribution is 2.51. The average Bonchev–Trinajstić information content (AvgIpc) is 3.45. The minimum absolute atomic E-state index is 0.189. The van der Waals surface area contributed by atoms with Gasteiger partial charge in [0, 0.05) is 55.3 Å². The van der Waals surface area contributed by atoms with Gasteiger partial charge in [-0.1, -0.05) is 11.6 Å². The first kappa shape index (κ1) is 19.3. The summed E-state index contributed by atoms with van der Waals surface area (Å²) in [6.07, 6.45) is 10.5. The molecule has 2 aromatic rings. The zero-order valence-electron chi connectivity index (χ0n) is 16.6. The van der Waals surface area contributed by atoms with Crippen LogP contribution in [-0.4, -0.2) is 50.9 Å². The summed E-state index contributed by atoms with van der Waals surface area (Å²) < 4.78 is 0. The normalized spacial score (nSPS) is 26.5. The summed E-state index contributed by atoms with van der Waals surface area (Å²) in [7, 11) is 0. The molecular weight excluding hydrogens is 370 g/mol. The van der Waals surface area contributed by atoms with Crippen molar-refractivity contribution < 1.29 is 4.79 Å². The van der Waals surface area contributed by atoms with E-state index in [1.165, 1.54) is 12.0 Å². The Bertz CT molecular complexity index is 812. The average molecular weight is 400 g/mol. The summed E-state index contributed by atoms with van der Waals surface area (Å²) in [5.74, 6) is 0.189. The Morgan fingerprint density at radius 2 is 2.36 bits per heavy atom. The van der Waals surface area contributed by atoms with E-state index in [0.717, 1.165) is 43.6 Å². The number of thiazole rings is 1. The molecule has 0 aromatic carbocycles. The van der Waals surface area contributed by atoms with Crippen LogP contribution in [0.15, 0.2) is 35.1 Å². The van der Waals surface area contributed by atoms with E-state index in [1.807, 2.05) is 11.7 Å². The van der Waals surface area contributed by atoms with Gasteiger partial charge in [-0.3, -0.25) is 9.69 Å². The standard InChI is InChI=1S/C21H29N5OS/c1-15(2)6-8-26-18-3-4-19(26)21(10-18,9-17-12-28-14-25-17)20(27)23-7-5-16-11-22-13-24-16/h6,11-14,18-19H,3-5,7-10H2,1-2H3,(H,22,24)(H,23,27)/t18-,19+,21+/m1/s1. The molecule has 2 saturated heterocycles. The van der Waals surface area contributed by atoms with Crippen LogP contribution in [0.2, 0.25) is 0 Å². The number of rotatable bonds is 8. The van der Waals surface area contributed by atoms with Crippen molar-refractivity contribution in [1.29, 1.82) is 0 Å². The largest absolute Gasteiger partial charge is 0.355 e. The molecule has 2 aliphatic heterocycles. The molecule has 0 saturated carbocycles. The molecule has 3 atom stereocenters. The molecule has 4 heterocycles. The van der Waals surface area contributed by atoms with Gasteiger partial charge in [0.25, 0.3) is 0 Å². The molecule has 0 radical (unpaired) electrons. The van der Waals surface area contributed by atoms with Crippen LogP contribution in [0.5, 0.6) is 0 Å². The summed E-state index contributed by atoms with van der Waals surface area (Å²) >= 11 is 1.61. The van der Waals surface area contributed by atoms with E-state index in [2.05, 4.69) is 50.5 Å². The van der Waals surface area contributed by atoms with Crippen molar-refractivity contribution in [3.8, 4) is 0 Å². The van der Waals surface area contributed by atoms with Crippen molar-refractivity contribution >= 4 is 17.2 Å². The lowest BCUT2D eigenvalue weighted by atomic mass is 9.70. The second kappa shape index (κ2) is 8.17. The summed E-state index contributed by atoms with van der Waals surface area (Å²) in [6.45, 7) is 5.86. The second-order valence-electron chi connectivity index (χ2n) is 8.32. The van der Waals surface area contributed by atoms with E-state index < -0.39 is 0 Å². The topological polar surface area (TPSA) is 73.9 Å². The number of fused-ring (bicyclic) bond motifs is 2. The molecule has 0 unspecified atom stereocenters. The summed E-state index contributed by atoms with van der Waals surface area (Å²) in [4.78, 5) is 27.7. The molecule has 1 amide bonds. The number of hydrogen-bond acceptors (Lipinski definition) is 5. The predicted octanol–water partition coefficient (Wildman–Crippen LogP) is 2.96. The molecule has 2 N–H and O–H groups in total. The smallest absolute Gasteiger partial charge is 0.228 e. The zero-order chi connectivity index (χ0) is 19.6. The third-order valence-corrected chi connectivity index (χ3v) is 6.89. The van der Waals surface area contributed by atoms with E-state index >= 15 is 0 Å². The number of nitrogens with one attached hydrogen (secondary N) is 2. The molecule has 7 heteroatoms. The first-order valence-electron chi connectivity index (χ1n) is 10.1. The van der Waals surface area contributed by atoms with Gasteiger partial charge in [0.1, 0.15) is 0 Å². The number of allylic oxidation sites excluding steroid dienone is 1. The number of carbonyl (C=O) groups is 1. The van der Waals surface area contributed by atoms with E-state index in [-0.39, 0.29) is 11.3 Å². The molecular formula is C21H29N5OS. The summed E-state index contributed by atoms with van der Waals surface area (Å²) in [6, 6.07) is 0.791. The predicted molar refractivity (Wildman–Crippen MR) is 111 cm³/mol. The van der Waals surface area contributed by atoms with E-state index in [4.69, 9.17) is 0 Å². The van der Waals surface area contributed by atoms with Crippen LogP contribution in [0.1, 0.15) is 44.5 Å². The van der Waals surface area contributed by atoms with Crippen molar-refractivity contribution in [2.45, 2.75) is 58.0 Å². The molecule has 2 bridgehead atoms. The number of nitrogens with zero attached hydrogens (tertiary/aromatic N) is 3. The monoisotopic (exact) mass is 399 g/mol. The van der Waals surface area contributed by atoms with Gasteiger partial charge in [-0.25, -0.2) is 9.97 Å². The van der Waals surface area contributed by atoms with Crippen molar-refractivity contribution in [2.75, 3.05) is 13.1 Å². The highest BCUT2D eigenvalue weighted by atomic mass is 32.1. The molecule has 4 rings (SSSR count). The second-order valence-corrected chi connectivity index (χ2v) is 9.04. The first-order valence-corrected chi connectivity index (χ1v) is 11.0. The van der Waals surface area contributed by atoms with Crippen LogP contribution in [0.3, 0.4) is 0 Å². The van der Waals surface area contributed by atoms with Crippen LogP contribution in [0.4, 0.5) is 0 Å². The lowest BCUT2D eigenvalue weighted by Crippen LogP contribution is -2.51. The van der Waals surface area contributed by atoms with Gasteiger partial charge in [0.05, 0.1) is 22.9 Å². The highest BCUT2D eigenvalue weighted by molar-refractivity contribution is 7.07. The van der Waals surface area contributed by atoms with Gasteiger partial charge in [-0.15, -0.1) is 11.3 Å². The minimum atomic E-state index is -0.375. The Balaban J connectivity index is 1.51. The van der Waals surface area contributed by atoms with Gasteiger partial charge in [0.2, 0.25) is 5.91 Å². The van der Waals surface area contributed by atoms with Crippen LogP contribution < -0.4 is 5.32 Å². The Labute approximate surface area is 170 Å². The molecule has 0 aliphatic carbocycles. The van der Waals surface area contributed by atoms with Crippen molar-refractivity contribution in [2.24, 2.45) is 5.41 Å². The van der Waals surface area contributed by atoms with Crippen LogP contribution in [0, 0.1) is 5.41 Å². The van der Waals surface area contributed by atoms with Gasteiger partial charge in [-0.2, -0.15) is 0 Å². The lowest BCUT2D eigenvalue weighted by molar-refractivity contribution is -0.132. The lowest BCUT2D eigenvalue weighted by Gasteiger charge is -2.36. The van der Waals surface area contributed by atoms with Gasteiger partial charge < -0.3 is 10.3 Å². The summed E-state index contributed by atoms with van der Waals surface area (Å²) in [5, 5.41) is 5.32. The van der Waals surface area contributed by atoms with E-state index in [0.29, 0.717) is 18.6 Å². The van der Waals surface area contributed by atoms with Crippen molar-refractivity contribution in [3.05, 3.63) is 46.5 Å². The van der Waals surface area contributed by atoms with E-state index in [1.54, 1.807) is 17.7 Å². The first-order chi connectivity index (χ1) is 13.6. The Hall–Kier alpha value is -1.99. The Morgan fingerprint density at radius 3 is 3.07 bits per heavy atom. The van der Waals surface area contributed by atoms with Crippen LogP contribution in [-0.2, 0) is 17.6 Å². The Kier molecular flexibility index (Phi) is 5.64. The fourth-order valence-corrected chi connectivity index (χ4v) is 5.50. The quantitative estimate of drug-likeness (QED) is 0.670. The van der Waals surface area contributed by atoms with Crippen LogP contribution in [0.25, 0.3) is 0 Å². The molecule has 28 heavy (non-hydrogen) atoms. The third-order valence-electron chi connectivity index (χ3n) is 6.26. The maximum atomic E-state index is 13.5. The Morgan fingerprint density at radius 1 is 1.46 bits per heavy atom. The highest BCUT2D eigenvalue weighted by Gasteiger charge is 2.59. The zero-order valence-corrected chi connectivity index (χ0v) is 17.5. The minimum Gasteiger partial charge on any atom is -0.355 e. The summed E-state index contributed by atoms with van der Waals surface area (Å²) in [5.41, 5.74) is 4.92. The molecule has 2 aromatic heterocycles.